The highest BCUT2D eigenvalue weighted by Crippen LogP contribution is 2.28. The lowest BCUT2D eigenvalue weighted by Crippen LogP contribution is -1.55. The summed E-state index contributed by atoms with van der Waals surface area (Å²) in [6.45, 7) is 0. The van der Waals surface area contributed by atoms with Crippen LogP contribution < -0.4 is 0 Å². The Kier molecular flexibility index (Phi) is 1.70. The van der Waals surface area contributed by atoms with E-state index < -0.39 is 0 Å². The Balaban J connectivity index is 2.78. The average Bonchev–Trinajstić information content (AvgIpc) is 1.91. The molecule has 0 radical (unpaired) electrons. The van der Waals surface area contributed by atoms with E-state index in [1.165, 1.54) is 8.96 Å². The second kappa shape index (κ2) is 2.14. The van der Waals surface area contributed by atoms with E-state index in [9.17, 15) is 0 Å². The zero-order valence-electron chi connectivity index (χ0n) is 3.62. The molecule has 0 aliphatic heterocycles. The van der Waals surface area contributed by atoms with Gasteiger partial charge in [-0.3, -0.25) is 0 Å². The van der Waals surface area contributed by atoms with E-state index in [1.54, 1.807) is 0 Å². The molecule has 7 heavy (non-hydrogen) atoms. The van der Waals surface area contributed by atoms with Gasteiger partial charge in [0.1, 0.15) is 0 Å². The maximum Gasteiger partial charge on any atom is 0.0277 e. The summed E-state index contributed by atoms with van der Waals surface area (Å²) in [4.78, 5) is 0. The van der Waals surface area contributed by atoms with Gasteiger partial charge in [-0.05, 0) is 38.3 Å². The lowest BCUT2D eigenvalue weighted by molar-refractivity contribution is 1.45. The standard InChI is InChI=1S/C5H4Br2/c6-4-2-1-3-5(4)7/h2-3H,1H2. The van der Waals surface area contributed by atoms with Gasteiger partial charge in [0.25, 0.3) is 0 Å². The molecule has 0 unspecified atom stereocenters. The van der Waals surface area contributed by atoms with Crippen LogP contribution in [-0.2, 0) is 0 Å². The van der Waals surface area contributed by atoms with Gasteiger partial charge in [-0.1, -0.05) is 12.2 Å². The predicted molar refractivity (Wildman–Crippen MR) is 38.6 cm³/mol. The van der Waals surface area contributed by atoms with Crippen LogP contribution in [0.4, 0.5) is 0 Å². The van der Waals surface area contributed by atoms with Crippen molar-refractivity contribution in [2.45, 2.75) is 6.42 Å². The Labute approximate surface area is 59.5 Å². The van der Waals surface area contributed by atoms with Gasteiger partial charge in [-0.25, -0.2) is 0 Å². The lowest BCUT2D eigenvalue weighted by Gasteiger charge is -1.82. The van der Waals surface area contributed by atoms with Crippen molar-refractivity contribution in [1.29, 1.82) is 0 Å². The van der Waals surface area contributed by atoms with Gasteiger partial charge in [0.2, 0.25) is 0 Å². The van der Waals surface area contributed by atoms with Gasteiger partial charge >= 0.3 is 0 Å². The number of halogens is 2. The highest BCUT2D eigenvalue weighted by Gasteiger charge is 1.99. The Hall–Kier alpha value is 0.440. The van der Waals surface area contributed by atoms with E-state index in [2.05, 4.69) is 44.0 Å². The molecule has 38 valence electrons. The van der Waals surface area contributed by atoms with Gasteiger partial charge in [-0.15, -0.1) is 0 Å². The lowest BCUT2D eigenvalue weighted by atomic mass is 10.5. The summed E-state index contributed by atoms with van der Waals surface area (Å²) in [5.41, 5.74) is 0. The van der Waals surface area contributed by atoms with Crippen LogP contribution in [0.5, 0.6) is 0 Å². The Morgan fingerprint density at radius 2 is 1.57 bits per heavy atom. The van der Waals surface area contributed by atoms with E-state index in [0.29, 0.717) is 0 Å². The van der Waals surface area contributed by atoms with Crippen molar-refractivity contribution >= 4 is 31.9 Å². The molecule has 0 saturated carbocycles. The van der Waals surface area contributed by atoms with Gasteiger partial charge in [-0.2, -0.15) is 0 Å². The van der Waals surface area contributed by atoms with Crippen molar-refractivity contribution in [3.8, 4) is 0 Å². The third kappa shape index (κ3) is 1.16. The molecule has 1 aliphatic carbocycles. The quantitative estimate of drug-likeness (QED) is 0.593. The normalized spacial score (nSPS) is 19.1. The highest BCUT2D eigenvalue weighted by molar-refractivity contribution is 9.15. The molecule has 0 atom stereocenters. The van der Waals surface area contributed by atoms with Crippen LogP contribution >= 0.6 is 31.9 Å². The van der Waals surface area contributed by atoms with Crippen molar-refractivity contribution in [3.63, 3.8) is 0 Å². The topological polar surface area (TPSA) is 0 Å². The zero-order chi connectivity index (χ0) is 5.28. The Morgan fingerprint density at radius 3 is 1.71 bits per heavy atom. The minimum absolute atomic E-state index is 1.06. The van der Waals surface area contributed by atoms with Crippen molar-refractivity contribution in [1.82, 2.24) is 0 Å². The van der Waals surface area contributed by atoms with Gasteiger partial charge in [0.05, 0.1) is 0 Å². The first-order valence-corrected chi connectivity index (χ1v) is 3.61. The third-order valence-electron chi connectivity index (χ3n) is 0.822. The van der Waals surface area contributed by atoms with Crippen LogP contribution in [0.15, 0.2) is 21.1 Å². The summed E-state index contributed by atoms with van der Waals surface area (Å²) in [6, 6.07) is 0. The van der Waals surface area contributed by atoms with Crippen LogP contribution in [0.2, 0.25) is 0 Å². The molecule has 2 heteroatoms. The fourth-order valence-corrected chi connectivity index (χ4v) is 1.16. The molecule has 0 saturated heterocycles. The van der Waals surface area contributed by atoms with Crippen molar-refractivity contribution in [2.24, 2.45) is 0 Å². The monoisotopic (exact) mass is 222 g/mol. The maximum atomic E-state index is 3.35. The van der Waals surface area contributed by atoms with Crippen LogP contribution in [0.25, 0.3) is 0 Å². The summed E-state index contributed by atoms with van der Waals surface area (Å²) in [7, 11) is 0. The molecule has 0 aromatic carbocycles. The molecule has 0 N–H and O–H groups in total. The van der Waals surface area contributed by atoms with Crippen LogP contribution in [-0.4, -0.2) is 0 Å². The van der Waals surface area contributed by atoms with Crippen LogP contribution in [0, 0.1) is 0 Å². The first kappa shape index (κ1) is 5.57. The largest absolute Gasteiger partial charge is 0.0653 e. The first-order chi connectivity index (χ1) is 3.30. The zero-order valence-corrected chi connectivity index (χ0v) is 6.79. The molecular weight excluding hydrogens is 220 g/mol. The second-order valence-electron chi connectivity index (χ2n) is 1.34. The van der Waals surface area contributed by atoms with Crippen LogP contribution in [0.3, 0.4) is 0 Å². The molecule has 0 amide bonds. The van der Waals surface area contributed by atoms with Gasteiger partial charge in [0, 0.05) is 8.96 Å². The van der Waals surface area contributed by atoms with Crippen LogP contribution in [0.1, 0.15) is 6.42 Å². The molecule has 0 fully saturated rings. The molecule has 0 nitrogen and oxygen atoms in total. The summed E-state index contributed by atoms with van der Waals surface area (Å²) in [6.07, 6.45) is 5.29. The summed E-state index contributed by atoms with van der Waals surface area (Å²) >= 11 is 6.70. The molecule has 0 spiro atoms. The third-order valence-corrected chi connectivity index (χ3v) is 2.86. The molecule has 0 heterocycles. The predicted octanol–water partition coefficient (Wildman–Crippen LogP) is 2.95. The minimum Gasteiger partial charge on any atom is -0.0653 e. The smallest absolute Gasteiger partial charge is 0.0277 e. The number of hydrogen-bond donors (Lipinski definition) is 0. The van der Waals surface area contributed by atoms with E-state index in [0.717, 1.165) is 6.42 Å². The molecule has 1 rings (SSSR count). The molecule has 0 aromatic heterocycles. The highest BCUT2D eigenvalue weighted by atomic mass is 79.9. The van der Waals surface area contributed by atoms with Crippen molar-refractivity contribution in [3.05, 3.63) is 21.1 Å². The molecular formula is C5H4Br2. The van der Waals surface area contributed by atoms with Crippen molar-refractivity contribution < 1.29 is 0 Å². The minimum atomic E-state index is 1.06. The van der Waals surface area contributed by atoms with E-state index >= 15 is 0 Å². The summed E-state index contributed by atoms with van der Waals surface area (Å²) in [5.74, 6) is 0. The number of allylic oxidation sites excluding steroid dienone is 4. The van der Waals surface area contributed by atoms with Crippen molar-refractivity contribution in [2.75, 3.05) is 0 Å². The van der Waals surface area contributed by atoms with E-state index in [-0.39, 0.29) is 0 Å². The Bertz CT molecular complexity index is 117. The summed E-state index contributed by atoms with van der Waals surface area (Å²) in [5, 5.41) is 0. The Morgan fingerprint density at radius 1 is 1.14 bits per heavy atom. The van der Waals surface area contributed by atoms with E-state index in [1.807, 2.05) is 0 Å². The number of hydrogen-bond acceptors (Lipinski definition) is 0. The molecule has 1 aliphatic rings. The fourth-order valence-electron chi connectivity index (χ4n) is 0.461. The van der Waals surface area contributed by atoms with E-state index in [4.69, 9.17) is 0 Å². The fraction of sp³-hybridized carbons (Fsp3) is 0.200. The molecule has 0 bridgehead atoms. The molecule has 0 aromatic rings. The number of rotatable bonds is 0. The van der Waals surface area contributed by atoms with Gasteiger partial charge < -0.3 is 0 Å². The maximum absolute atomic E-state index is 3.35. The van der Waals surface area contributed by atoms with Gasteiger partial charge in [0.15, 0.2) is 0 Å². The second-order valence-corrected chi connectivity index (χ2v) is 3.05. The first-order valence-electron chi connectivity index (χ1n) is 2.02. The average molecular weight is 224 g/mol. The summed E-state index contributed by atoms with van der Waals surface area (Å²) < 4.78 is 2.35. The SMILES string of the molecule is BrC1=CCC=C1Br.